The summed E-state index contributed by atoms with van der Waals surface area (Å²) in [5.74, 6) is -1.17. The van der Waals surface area contributed by atoms with Gasteiger partial charge in [-0.2, -0.15) is 0 Å². The lowest BCUT2D eigenvalue weighted by Crippen LogP contribution is -2.38. The number of benzene rings is 2. The van der Waals surface area contributed by atoms with Gasteiger partial charge in [0, 0.05) is 12.5 Å². The first-order valence-corrected chi connectivity index (χ1v) is 9.37. The molecular weight excluding hydrogens is 372 g/mol. The summed E-state index contributed by atoms with van der Waals surface area (Å²) in [6.07, 6.45) is 0.0350. The van der Waals surface area contributed by atoms with Crippen LogP contribution in [0.4, 0.5) is 4.79 Å². The number of hydrogen-bond acceptors (Lipinski definition) is 5. The van der Waals surface area contributed by atoms with Crippen LogP contribution in [0, 0.1) is 0 Å². The number of alkyl carbamates (subject to hydrolysis) is 1. The van der Waals surface area contributed by atoms with Gasteiger partial charge in [-0.3, -0.25) is 15.1 Å². The van der Waals surface area contributed by atoms with Crippen molar-refractivity contribution in [3.05, 3.63) is 59.7 Å². The molecule has 0 radical (unpaired) electrons. The van der Waals surface area contributed by atoms with E-state index in [4.69, 9.17) is 21.3 Å². The Kier molecular flexibility index (Phi) is 6.46. The molecular formula is C21H24N4O4. The molecule has 3 rings (SSSR count). The second-order valence-corrected chi connectivity index (χ2v) is 6.80. The number of amides is 1. The second-order valence-electron chi connectivity index (χ2n) is 6.80. The average molecular weight is 396 g/mol. The smallest absolute Gasteiger partial charge is 0.413 e. The fraction of sp³-hybridized carbons (Fsp3) is 0.286. The molecule has 1 aliphatic rings. The zero-order chi connectivity index (χ0) is 20.8. The van der Waals surface area contributed by atoms with Crippen LogP contribution in [0.15, 0.2) is 53.5 Å². The molecule has 0 aliphatic heterocycles. The highest BCUT2D eigenvalue weighted by atomic mass is 16.5. The van der Waals surface area contributed by atoms with E-state index >= 15 is 0 Å². The fourth-order valence-electron chi connectivity index (χ4n) is 3.41. The summed E-state index contributed by atoms with van der Waals surface area (Å²) in [4.78, 5) is 26.7. The number of carboxylic acids is 1. The molecule has 1 atom stereocenters. The van der Waals surface area contributed by atoms with Gasteiger partial charge in [0.1, 0.15) is 12.6 Å². The highest BCUT2D eigenvalue weighted by molar-refractivity contribution is 5.92. The Bertz CT molecular complexity index is 883. The lowest BCUT2D eigenvalue weighted by molar-refractivity contribution is -0.138. The van der Waals surface area contributed by atoms with E-state index in [1.165, 1.54) is 0 Å². The Morgan fingerprint density at radius 3 is 2.28 bits per heavy atom. The molecule has 6 N–H and O–H groups in total. The predicted molar refractivity (Wildman–Crippen MR) is 110 cm³/mol. The number of ether oxygens (including phenoxy) is 1. The highest BCUT2D eigenvalue weighted by Crippen LogP contribution is 2.44. The summed E-state index contributed by atoms with van der Waals surface area (Å²) in [6, 6.07) is 15.2. The maximum Gasteiger partial charge on any atom is 0.413 e. The molecule has 0 fully saturated rings. The Morgan fingerprint density at radius 1 is 1.10 bits per heavy atom. The monoisotopic (exact) mass is 396 g/mol. The third-order valence-electron chi connectivity index (χ3n) is 4.85. The number of hydrogen-bond donors (Lipinski definition) is 4. The molecule has 0 unspecified atom stereocenters. The first kappa shape index (κ1) is 20.3. The lowest BCUT2D eigenvalue weighted by Gasteiger charge is -2.14. The first-order valence-electron chi connectivity index (χ1n) is 9.37. The molecule has 29 heavy (non-hydrogen) atoms. The van der Waals surface area contributed by atoms with Crippen LogP contribution in [0.5, 0.6) is 0 Å². The molecule has 0 saturated heterocycles. The van der Waals surface area contributed by atoms with Gasteiger partial charge in [0.05, 0.1) is 0 Å². The lowest BCUT2D eigenvalue weighted by atomic mass is 9.98. The van der Waals surface area contributed by atoms with E-state index < -0.39 is 18.1 Å². The van der Waals surface area contributed by atoms with Gasteiger partial charge in [-0.15, -0.1) is 0 Å². The van der Waals surface area contributed by atoms with Crippen molar-refractivity contribution in [3.8, 4) is 11.1 Å². The van der Waals surface area contributed by atoms with Crippen LogP contribution in [0.1, 0.15) is 29.9 Å². The van der Waals surface area contributed by atoms with Crippen molar-refractivity contribution in [3.63, 3.8) is 0 Å². The molecule has 0 spiro atoms. The fourth-order valence-corrected chi connectivity index (χ4v) is 3.41. The maximum atomic E-state index is 12.1. The Labute approximate surface area is 168 Å². The summed E-state index contributed by atoms with van der Waals surface area (Å²) in [7, 11) is 0. The Morgan fingerprint density at radius 2 is 1.69 bits per heavy atom. The quantitative estimate of drug-likeness (QED) is 0.321. The van der Waals surface area contributed by atoms with Crippen LogP contribution in [-0.4, -0.2) is 42.3 Å². The van der Waals surface area contributed by atoms with Crippen LogP contribution >= 0.6 is 0 Å². The average Bonchev–Trinajstić information content (AvgIpc) is 3.03. The van der Waals surface area contributed by atoms with E-state index in [2.05, 4.69) is 22.4 Å². The number of rotatable bonds is 7. The van der Waals surface area contributed by atoms with Crippen molar-refractivity contribution in [1.82, 2.24) is 5.32 Å². The zero-order valence-corrected chi connectivity index (χ0v) is 15.9. The molecule has 0 heterocycles. The molecule has 0 bridgehead atoms. The van der Waals surface area contributed by atoms with Crippen molar-refractivity contribution >= 4 is 18.0 Å². The number of carboxylic acid groups (broad SMARTS) is 1. The number of carbonyl (C=O) groups excluding carboxylic acids is 1. The number of fused-ring (bicyclic) bond motifs is 3. The summed E-state index contributed by atoms with van der Waals surface area (Å²) in [5.41, 5.74) is 15.6. The number of nitrogens with two attached hydrogens (primary N) is 2. The normalized spacial score (nSPS) is 14.0. The predicted octanol–water partition coefficient (Wildman–Crippen LogP) is 2.03. The summed E-state index contributed by atoms with van der Waals surface area (Å²) < 4.78 is 5.38. The minimum Gasteiger partial charge on any atom is -0.480 e. The van der Waals surface area contributed by atoms with E-state index in [1.807, 2.05) is 36.4 Å². The van der Waals surface area contributed by atoms with Gasteiger partial charge in [0.2, 0.25) is 0 Å². The molecule has 8 heteroatoms. The summed E-state index contributed by atoms with van der Waals surface area (Å²) in [6.45, 7) is 0.442. The molecule has 0 saturated carbocycles. The number of carbonyl (C=O) groups is 2. The molecule has 8 nitrogen and oxygen atoms in total. The molecule has 2 aromatic rings. The van der Waals surface area contributed by atoms with Gasteiger partial charge in [0.15, 0.2) is 5.96 Å². The molecule has 2 aromatic carbocycles. The first-order chi connectivity index (χ1) is 14.0. The Hall–Kier alpha value is -3.39. The molecule has 1 amide bonds. The van der Waals surface area contributed by atoms with Crippen LogP contribution in [0.2, 0.25) is 0 Å². The van der Waals surface area contributed by atoms with Crippen LogP contribution in [0.25, 0.3) is 11.1 Å². The van der Waals surface area contributed by atoms with Gasteiger partial charge in [-0.05, 0) is 35.1 Å². The second kappa shape index (κ2) is 9.20. The standard InChI is InChI=1S/C21H24N4O4/c22-18(19(26)27)10-5-11-24-20(23)25-21(28)29-12-17-15-8-3-1-6-13(15)14-7-2-4-9-16(14)17/h1-4,6-9,17-18H,5,10-12,22H2,(H,26,27)(H3,23,24,25,28)/t18-/m0/s1. The molecule has 152 valence electrons. The van der Waals surface area contributed by atoms with E-state index in [0.717, 1.165) is 22.3 Å². The largest absolute Gasteiger partial charge is 0.480 e. The van der Waals surface area contributed by atoms with E-state index in [0.29, 0.717) is 6.42 Å². The SMILES string of the molecule is NC(=NCCC[C@H](N)C(=O)O)NC(=O)OCC1c2ccccc2-c2ccccc21. The van der Waals surface area contributed by atoms with E-state index in [1.54, 1.807) is 0 Å². The van der Waals surface area contributed by atoms with Crippen molar-refractivity contribution in [1.29, 1.82) is 0 Å². The third-order valence-corrected chi connectivity index (χ3v) is 4.85. The number of aliphatic imine (C=N–C) groups is 1. The minimum atomic E-state index is -1.06. The topological polar surface area (TPSA) is 140 Å². The van der Waals surface area contributed by atoms with Gasteiger partial charge in [-0.25, -0.2) is 4.79 Å². The number of nitrogens with zero attached hydrogens (tertiary/aromatic N) is 1. The summed E-state index contributed by atoms with van der Waals surface area (Å²) >= 11 is 0. The number of guanidine groups is 1. The highest BCUT2D eigenvalue weighted by Gasteiger charge is 2.29. The minimum absolute atomic E-state index is 0.0381. The third kappa shape index (κ3) is 4.91. The molecule has 1 aliphatic carbocycles. The Balaban J connectivity index is 1.52. The van der Waals surface area contributed by atoms with Gasteiger partial charge >= 0.3 is 12.1 Å². The van der Waals surface area contributed by atoms with Gasteiger partial charge < -0.3 is 21.3 Å². The van der Waals surface area contributed by atoms with Crippen molar-refractivity contribution < 1.29 is 19.4 Å². The van der Waals surface area contributed by atoms with Crippen LogP contribution in [0.3, 0.4) is 0 Å². The van der Waals surface area contributed by atoms with Gasteiger partial charge in [0.25, 0.3) is 0 Å². The van der Waals surface area contributed by atoms with E-state index in [-0.39, 0.29) is 31.4 Å². The van der Waals surface area contributed by atoms with Crippen LogP contribution < -0.4 is 16.8 Å². The maximum absolute atomic E-state index is 12.1. The van der Waals surface area contributed by atoms with Gasteiger partial charge in [-0.1, -0.05) is 48.5 Å². The zero-order valence-electron chi connectivity index (χ0n) is 15.9. The van der Waals surface area contributed by atoms with Crippen LogP contribution in [-0.2, 0) is 9.53 Å². The summed E-state index contributed by atoms with van der Waals surface area (Å²) in [5, 5.41) is 11.1. The van der Waals surface area contributed by atoms with Crippen molar-refractivity contribution in [2.75, 3.05) is 13.2 Å². The number of aliphatic carboxylic acids is 1. The van der Waals surface area contributed by atoms with Crippen molar-refractivity contribution in [2.45, 2.75) is 24.8 Å². The molecule has 0 aromatic heterocycles. The van der Waals surface area contributed by atoms with Crippen molar-refractivity contribution in [2.24, 2.45) is 16.5 Å². The number of nitrogens with one attached hydrogen (secondary N) is 1. The van der Waals surface area contributed by atoms with E-state index in [9.17, 15) is 9.59 Å².